The minimum absolute atomic E-state index is 0.770. The molecule has 1 fully saturated rings. The second kappa shape index (κ2) is 6.10. The van der Waals surface area contributed by atoms with Crippen LogP contribution in [0.3, 0.4) is 0 Å². The van der Waals surface area contributed by atoms with Gasteiger partial charge in [-0.3, -0.25) is 0 Å². The number of hydrogen-bond acceptors (Lipinski definition) is 3. The van der Waals surface area contributed by atoms with Gasteiger partial charge in [-0.1, -0.05) is 0 Å². The third-order valence-electron chi connectivity index (χ3n) is 3.71. The maximum absolute atomic E-state index is 3.59. The molecule has 0 radical (unpaired) electrons. The van der Waals surface area contributed by atoms with E-state index in [0.29, 0.717) is 0 Å². The maximum atomic E-state index is 3.59. The molecule has 18 heavy (non-hydrogen) atoms. The number of piperidine rings is 1. The standard InChI is InChI=1S/C15H25N3/c1-12-9-14(18(2)3)6-7-15(12)17-11-13-5-4-8-16-10-13/h6-7,9,13,16-17H,4-5,8,10-11H2,1-3H3. The van der Waals surface area contributed by atoms with Crippen LogP contribution in [0.4, 0.5) is 11.4 Å². The van der Waals surface area contributed by atoms with Crippen molar-refractivity contribution in [2.45, 2.75) is 19.8 Å². The van der Waals surface area contributed by atoms with E-state index in [-0.39, 0.29) is 0 Å². The van der Waals surface area contributed by atoms with Crippen LogP contribution in [0.2, 0.25) is 0 Å². The van der Waals surface area contributed by atoms with Crippen LogP contribution in [-0.4, -0.2) is 33.7 Å². The van der Waals surface area contributed by atoms with Gasteiger partial charge in [0.1, 0.15) is 0 Å². The van der Waals surface area contributed by atoms with E-state index >= 15 is 0 Å². The van der Waals surface area contributed by atoms with Gasteiger partial charge in [0.05, 0.1) is 0 Å². The quantitative estimate of drug-likeness (QED) is 0.856. The Labute approximate surface area is 111 Å². The summed E-state index contributed by atoms with van der Waals surface area (Å²) in [6, 6.07) is 6.61. The second-order valence-electron chi connectivity index (χ2n) is 5.49. The molecule has 2 rings (SSSR count). The van der Waals surface area contributed by atoms with E-state index in [0.717, 1.165) is 19.0 Å². The van der Waals surface area contributed by atoms with E-state index in [1.54, 1.807) is 0 Å². The van der Waals surface area contributed by atoms with Gasteiger partial charge < -0.3 is 15.5 Å². The van der Waals surface area contributed by atoms with E-state index in [9.17, 15) is 0 Å². The van der Waals surface area contributed by atoms with Gasteiger partial charge in [-0.25, -0.2) is 0 Å². The number of nitrogens with zero attached hydrogens (tertiary/aromatic N) is 1. The molecule has 3 heteroatoms. The Hall–Kier alpha value is -1.22. The average molecular weight is 247 g/mol. The molecule has 0 aliphatic carbocycles. The molecule has 1 saturated heterocycles. The summed E-state index contributed by atoms with van der Waals surface area (Å²) >= 11 is 0. The zero-order chi connectivity index (χ0) is 13.0. The highest BCUT2D eigenvalue weighted by molar-refractivity contribution is 5.59. The van der Waals surface area contributed by atoms with E-state index in [1.807, 2.05) is 0 Å². The lowest BCUT2D eigenvalue weighted by Gasteiger charge is -2.24. The third kappa shape index (κ3) is 3.39. The molecular weight excluding hydrogens is 222 g/mol. The van der Waals surface area contributed by atoms with Crippen LogP contribution in [0.1, 0.15) is 18.4 Å². The van der Waals surface area contributed by atoms with Crippen LogP contribution in [0.25, 0.3) is 0 Å². The maximum Gasteiger partial charge on any atom is 0.0371 e. The van der Waals surface area contributed by atoms with Crippen LogP contribution < -0.4 is 15.5 Å². The first-order valence-corrected chi connectivity index (χ1v) is 6.89. The molecule has 0 saturated carbocycles. The minimum Gasteiger partial charge on any atom is -0.385 e. The molecule has 1 atom stereocenters. The van der Waals surface area contributed by atoms with Crippen molar-refractivity contribution in [3.8, 4) is 0 Å². The molecule has 1 heterocycles. The number of benzene rings is 1. The summed E-state index contributed by atoms with van der Waals surface area (Å²) < 4.78 is 0. The molecule has 0 amide bonds. The topological polar surface area (TPSA) is 27.3 Å². The summed E-state index contributed by atoms with van der Waals surface area (Å²) in [6.45, 7) is 5.60. The van der Waals surface area contributed by atoms with E-state index < -0.39 is 0 Å². The molecule has 0 spiro atoms. The summed E-state index contributed by atoms with van der Waals surface area (Å²) in [5.41, 5.74) is 3.86. The SMILES string of the molecule is Cc1cc(N(C)C)ccc1NCC1CCCNC1. The fourth-order valence-corrected chi connectivity index (χ4v) is 2.48. The second-order valence-corrected chi connectivity index (χ2v) is 5.49. The third-order valence-corrected chi connectivity index (χ3v) is 3.71. The molecule has 1 aliphatic rings. The Bertz CT molecular complexity index is 381. The normalized spacial score (nSPS) is 19.6. The van der Waals surface area contributed by atoms with E-state index in [2.05, 4.69) is 54.8 Å². The van der Waals surface area contributed by atoms with Gasteiger partial charge in [0.15, 0.2) is 0 Å². The first-order chi connectivity index (χ1) is 8.66. The number of nitrogens with one attached hydrogen (secondary N) is 2. The van der Waals surface area contributed by atoms with E-state index in [1.165, 1.54) is 36.3 Å². The zero-order valence-electron chi connectivity index (χ0n) is 11.8. The van der Waals surface area contributed by atoms with Crippen molar-refractivity contribution in [2.75, 3.05) is 43.9 Å². The Kier molecular flexibility index (Phi) is 4.48. The molecule has 0 aromatic heterocycles. The number of hydrogen-bond donors (Lipinski definition) is 2. The van der Waals surface area contributed by atoms with Gasteiger partial charge in [0.2, 0.25) is 0 Å². The lowest BCUT2D eigenvalue weighted by atomic mass is 9.99. The van der Waals surface area contributed by atoms with Gasteiger partial charge in [0, 0.05) is 32.0 Å². The Balaban J connectivity index is 1.92. The molecule has 2 N–H and O–H groups in total. The van der Waals surface area contributed by atoms with Crippen molar-refractivity contribution in [3.05, 3.63) is 23.8 Å². The average Bonchev–Trinajstić information content (AvgIpc) is 2.38. The Morgan fingerprint density at radius 2 is 2.22 bits per heavy atom. The van der Waals surface area contributed by atoms with Crippen molar-refractivity contribution < 1.29 is 0 Å². The monoisotopic (exact) mass is 247 g/mol. The molecule has 1 aliphatic heterocycles. The van der Waals surface area contributed by atoms with E-state index in [4.69, 9.17) is 0 Å². The summed E-state index contributed by atoms with van der Waals surface area (Å²) in [5.74, 6) is 0.770. The van der Waals surface area contributed by atoms with Crippen LogP contribution in [-0.2, 0) is 0 Å². The predicted molar refractivity (Wildman–Crippen MR) is 79.6 cm³/mol. The smallest absolute Gasteiger partial charge is 0.0371 e. The zero-order valence-corrected chi connectivity index (χ0v) is 11.8. The number of anilines is 2. The van der Waals surface area contributed by atoms with Crippen molar-refractivity contribution in [3.63, 3.8) is 0 Å². The molecule has 3 nitrogen and oxygen atoms in total. The molecule has 1 unspecified atom stereocenters. The summed E-state index contributed by atoms with van der Waals surface area (Å²) in [6.07, 6.45) is 2.65. The minimum atomic E-state index is 0.770. The fourth-order valence-electron chi connectivity index (χ4n) is 2.48. The van der Waals surface area contributed by atoms with Gasteiger partial charge in [0.25, 0.3) is 0 Å². The van der Waals surface area contributed by atoms with Crippen LogP contribution in [0, 0.1) is 12.8 Å². The highest BCUT2D eigenvalue weighted by Crippen LogP contribution is 2.22. The molecule has 100 valence electrons. The number of aryl methyl sites for hydroxylation is 1. The van der Waals surface area contributed by atoms with Gasteiger partial charge in [-0.2, -0.15) is 0 Å². The summed E-state index contributed by atoms with van der Waals surface area (Å²) in [7, 11) is 4.16. The lowest BCUT2D eigenvalue weighted by molar-refractivity contribution is 0.393. The summed E-state index contributed by atoms with van der Waals surface area (Å²) in [5, 5.41) is 7.05. The van der Waals surface area contributed by atoms with Crippen LogP contribution in [0.5, 0.6) is 0 Å². The van der Waals surface area contributed by atoms with Gasteiger partial charge >= 0.3 is 0 Å². The predicted octanol–water partition coefficient (Wildman–Crippen LogP) is 2.47. The van der Waals surface area contributed by atoms with Crippen molar-refractivity contribution >= 4 is 11.4 Å². The Morgan fingerprint density at radius 1 is 1.39 bits per heavy atom. The van der Waals surface area contributed by atoms with Crippen molar-refractivity contribution in [1.82, 2.24) is 5.32 Å². The molecule has 1 aromatic carbocycles. The molecular formula is C15H25N3. The number of rotatable bonds is 4. The summed E-state index contributed by atoms with van der Waals surface area (Å²) in [4.78, 5) is 2.14. The van der Waals surface area contributed by atoms with Crippen LogP contribution in [0.15, 0.2) is 18.2 Å². The lowest BCUT2D eigenvalue weighted by Crippen LogP contribution is -2.33. The Morgan fingerprint density at radius 3 is 2.83 bits per heavy atom. The largest absolute Gasteiger partial charge is 0.385 e. The highest BCUT2D eigenvalue weighted by Gasteiger charge is 2.12. The molecule has 0 bridgehead atoms. The van der Waals surface area contributed by atoms with Crippen molar-refractivity contribution in [2.24, 2.45) is 5.92 Å². The first-order valence-electron chi connectivity index (χ1n) is 6.89. The highest BCUT2D eigenvalue weighted by atomic mass is 15.1. The molecule has 1 aromatic rings. The van der Waals surface area contributed by atoms with Crippen molar-refractivity contribution in [1.29, 1.82) is 0 Å². The first kappa shape index (κ1) is 13.2. The van der Waals surface area contributed by atoms with Crippen LogP contribution >= 0.6 is 0 Å². The van der Waals surface area contributed by atoms with Gasteiger partial charge in [-0.05, 0) is 62.5 Å². The fraction of sp³-hybridized carbons (Fsp3) is 0.600. The van der Waals surface area contributed by atoms with Gasteiger partial charge in [-0.15, -0.1) is 0 Å².